The van der Waals surface area contributed by atoms with Crippen LogP contribution >= 0.6 is 23.2 Å². The molecule has 1 aliphatic heterocycles. The highest BCUT2D eigenvalue weighted by atomic mass is 35.5. The minimum atomic E-state index is -0.308. The van der Waals surface area contributed by atoms with Crippen molar-refractivity contribution in [3.05, 3.63) is 57.7 Å². The average Bonchev–Trinajstić information content (AvgIpc) is 3.26. The summed E-state index contributed by atoms with van der Waals surface area (Å²) in [6.45, 7) is 1.88. The number of carbonyl (C=O) groups is 1. The van der Waals surface area contributed by atoms with Gasteiger partial charge in [0.2, 0.25) is 5.91 Å². The van der Waals surface area contributed by atoms with E-state index < -0.39 is 0 Å². The maximum absolute atomic E-state index is 12.5. The molecule has 1 atom stereocenters. The Morgan fingerprint density at radius 2 is 1.93 bits per heavy atom. The van der Waals surface area contributed by atoms with Crippen LogP contribution in [0.15, 0.2) is 30.9 Å². The number of carbonyl (C=O) groups excluding carboxylic acids is 1. The summed E-state index contributed by atoms with van der Waals surface area (Å²) in [5.74, 6) is 0.588. The first-order chi connectivity index (χ1) is 13.5. The van der Waals surface area contributed by atoms with Crippen LogP contribution in [0.2, 0.25) is 10.0 Å². The summed E-state index contributed by atoms with van der Waals surface area (Å²) in [7, 11) is 0. The molecular formula is C18H13Cl2N7O. The number of nitrogens with one attached hydrogen (secondary N) is 2. The maximum atomic E-state index is 12.5. The Bertz CT molecular complexity index is 1230. The van der Waals surface area contributed by atoms with E-state index in [1.54, 1.807) is 22.9 Å². The Hall–Kier alpha value is -2.97. The predicted octanol–water partition coefficient (Wildman–Crippen LogP) is 3.63. The van der Waals surface area contributed by atoms with Gasteiger partial charge in [0.05, 0.1) is 12.0 Å². The molecule has 3 aromatic heterocycles. The molecule has 10 heteroatoms. The second kappa shape index (κ2) is 6.29. The zero-order valence-corrected chi connectivity index (χ0v) is 16.1. The van der Waals surface area contributed by atoms with E-state index in [9.17, 15) is 4.79 Å². The number of fused-ring (bicyclic) bond motifs is 2. The number of imidazole rings is 1. The highest BCUT2D eigenvalue weighted by Crippen LogP contribution is 2.44. The second-order valence-electron chi connectivity index (χ2n) is 6.50. The first-order valence-corrected chi connectivity index (χ1v) is 9.28. The lowest BCUT2D eigenvalue weighted by Gasteiger charge is -2.25. The number of rotatable bonds is 2. The summed E-state index contributed by atoms with van der Waals surface area (Å²) >= 11 is 12.9. The molecule has 2 N–H and O–H groups in total. The summed E-state index contributed by atoms with van der Waals surface area (Å²) in [4.78, 5) is 28.2. The molecule has 28 heavy (non-hydrogen) atoms. The molecule has 0 fully saturated rings. The number of amides is 1. The molecule has 0 radical (unpaired) electrons. The van der Waals surface area contributed by atoms with Crippen LogP contribution in [0.1, 0.15) is 29.2 Å². The second-order valence-corrected chi connectivity index (χ2v) is 7.31. The Balaban J connectivity index is 1.76. The Morgan fingerprint density at radius 3 is 2.71 bits per heavy atom. The number of aromatic amines is 1. The van der Waals surface area contributed by atoms with Crippen molar-refractivity contribution >= 4 is 46.1 Å². The van der Waals surface area contributed by atoms with Crippen LogP contribution < -0.4 is 5.32 Å². The van der Waals surface area contributed by atoms with E-state index in [-0.39, 0.29) is 18.2 Å². The van der Waals surface area contributed by atoms with E-state index >= 15 is 0 Å². The van der Waals surface area contributed by atoms with Gasteiger partial charge >= 0.3 is 0 Å². The van der Waals surface area contributed by atoms with Gasteiger partial charge in [-0.1, -0.05) is 29.3 Å². The molecule has 0 aliphatic carbocycles. The van der Waals surface area contributed by atoms with Crippen molar-refractivity contribution < 1.29 is 4.79 Å². The van der Waals surface area contributed by atoms with Gasteiger partial charge in [-0.15, -0.1) is 0 Å². The molecule has 4 heterocycles. The van der Waals surface area contributed by atoms with Gasteiger partial charge in [0.25, 0.3) is 0 Å². The molecule has 0 bridgehead atoms. The summed E-state index contributed by atoms with van der Waals surface area (Å²) in [6, 6.07) is 5.32. The van der Waals surface area contributed by atoms with Crippen LogP contribution in [0.5, 0.6) is 0 Å². The molecule has 1 aromatic carbocycles. The van der Waals surface area contributed by atoms with Gasteiger partial charge < -0.3 is 10.3 Å². The molecule has 4 aromatic rings. The van der Waals surface area contributed by atoms with Gasteiger partial charge in [-0.2, -0.15) is 9.78 Å². The standard InChI is InChI=1S/C18H13Cl2N7O/c1-8-13-9(14-10(19)3-2-4-11(14)20)5-12(28)25-17(13)27(26-8)18-15-16(22-6-21-15)23-7-24-18/h2-4,6-7,9H,5H2,1H3,(H,25,28)(H,21,22,23,24)/t9-/m1/s1. The third-order valence-corrected chi connectivity index (χ3v) is 5.51. The molecule has 0 saturated heterocycles. The lowest BCUT2D eigenvalue weighted by molar-refractivity contribution is -0.116. The largest absolute Gasteiger partial charge is 0.340 e. The number of hydrogen-bond donors (Lipinski definition) is 2. The molecule has 5 rings (SSSR count). The lowest BCUT2D eigenvalue weighted by atomic mass is 9.85. The summed E-state index contributed by atoms with van der Waals surface area (Å²) in [5.41, 5.74) is 3.47. The molecule has 0 unspecified atom stereocenters. The molecular weight excluding hydrogens is 401 g/mol. The van der Waals surface area contributed by atoms with Crippen LogP contribution in [0.4, 0.5) is 5.82 Å². The minimum absolute atomic E-state index is 0.149. The van der Waals surface area contributed by atoms with E-state index in [2.05, 4.69) is 30.4 Å². The third-order valence-electron chi connectivity index (χ3n) is 4.85. The van der Waals surface area contributed by atoms with Crippen molar-refractivity contribution in [2.24, 2.45) is 0 Å². The molecule has 8 nitrogen and oxygen atoms in total. The van der Waals surface area contributed by atoms with Gasteiger partial charge in [-0.3, -0.25) is 4.79 Å². The van der Waals surface area contributed by atoms with Crippen LogP contribution in [-0.2, 0) is 4.79 Å². The van der Waals surface area contributed by atoms with E-state index in [0.29, 0.717) is 32.8 Å². The van der Waals surface area contributed by atoms with Crippen molar-refractivity contribution in [2.45, 2.75) is 19.3 Å². The number of aromatic nitrogens is 6. The van der Waals surface area contributed by atoms with Gasteiger partial charge in [-0.25, -0.2) is 15.0 Å². The molecule has 1 amide bonds. The Labute approximate surface area is 168 Å². The third kappa shape index (κ3) is 2.49. The summed E-state index contributed by atoms with van der Waals surface area (Å²) < 4.78 is 1.60. The first-order valence-electron chi connectivity index (χ1n) is 8.52. The lowest BCUT2D eigenvalue weighted by Crippen LogP contribution is -2.25. The number of anilines is 1. The normalized spacial score (nSPS) is 16.2. The fourth-order valence-electron chi connectivity index (χ4n) is 3.70. The highest BCUT2D eigenvalue weighted by Gasteiger charge is 2.35. The summed E-state index contributed by atoms with van der Waals surface area (Å²) in [5, 5.41) is 8.60. The Kier molecular flexibility index (Phi) is 3.85. The van der Waals surface area contributed by atoms with Crippen LogP contribution in [0.3, 0.4) is 0 Å². The number of benzene rings is 1. The topological polar surface area (TPSA) is 101 Å². The quantitative estimate of drug-likeness (QED) is 0.522. The first kappa shape index (κ1) is 17.2. The zero-order valence-electron chi connectivity index (χ0n) is 14.6. The van der Waals surface area contributed by atoms with E-state index in [1.807, 2.05) is 6.92 Å². The van der Waals surface area contributed by atoms with Gasteiger partial charge in [0.1, 0.15) is 17.7 Å². The van der Waals surface area contributed by atoms with Crippen LogP contribution in [-0.4, -0.2) is 35.6 Å². The SMILES string of the molecule is Cc1nn(-c2ncnc3nc[nH]c23)c2c1[C@H](c1c(Cl)cccc1Cl)CC(=O)N2. The number of halogens is 2. The van der Waals surface area contributed by atoms with E-state index in [4.69, 9.17) is 23.2 Å². The number of H-pyrrole nitrogens is 1. The molecule has 0 saturated carbocycles. The minimum Gasteiger partial charge on any atom is -0.340 e. The fraction of sp³-hybridized carbons (Fsp3) is 0.167. The molecule has 1 aliphatic rings. The van der Waals surface area contributed by atoms with Crippen molar-refractivity contribution in [2.75, 3.05) is 5.32 Å². The van der Waals surface area contributed by atoms with Gasteiger partial charge in [0.15, 0.2) is 11.5 Å². The van der Waals surface area contributed by atoms with E-state index in [0.717, 1.165) is 16.8 Å². The Morgan fingerprint density at radius 1 is 1.14 bits per heavy atom. The number of hydrogen-bond acceptors (Lipinski definition) is 5. The predicted molar refractivity (Wildman–Crippen MR) is 105 cm³/mol. The average molecular weight is 414 g/mol. The molecule has 0 spiro atoms. The van der Waals surface area contributed by atoms with Crippen LogP contribution in [0.25, 0.3) is 17.0 Å². The number of nitrogens with zero attached hydrogens (tertiary/aromatic N) is 5. The van der Waals surface area contributed by atoms with Gasteiger partial charge in [0, 0.05) is 27.9 Å². The maximum Gasteiger partial charge on any atom is 0.226 e. The van der Waals surface area contributed by atoms with Crippen molar-refractivity contribution in [3.63, 3.8) is 0 Å². The smallest absolute Gasteiger partial charge is 0.226 e. The van der Waals surface area contributed by atoms with Crippen LogP contribution in [0, 0.1) is 6.92 Å². The van der Waals surface area contributed by atoms with Crippen molar-refractivity contribution in [1.82, 2.24) is 29.7 Å². The number of aryl methyl sites for hydroxylation is 1. The van der Waals surface area contributed by atoms with Crippen molar-refractivity contribution in [1.29, 1.82) is 0 Å². The fourth-order valence-corrected chi connectivity index (χ4v) is 4.36. The van der Waals surface area contributed by atoms with E-state index in [1.165, 1.54) is 12.7 Å². The summed E-state index contributed by atoms with van der Waals surface area (Å²) in [6.07, 6.45) is 3.18. The van der Waals surface area contributed by atoms with Crippen molar-refractivity contribution in [3.8, 4) is 5.82 Å². The zero-order chi connectivity index (χ0) is 19.4. The molecule has 140 valence electrons. The monoisotopic (exact) mass is 413 g/mol. The highest BCUT2D eigenvalue weighted by molar-refractivity contribution is 6.36. The van der Waals surface area contributed by atoms with Gasteiger partial charge in [-0.05, 0) is 24.6 Å².